The van der Waals surface area contributed by atoms with Crippen molar-refractivity contribution in [2.75, 3.05) is 0 Å². The number of hydrogen-bond acceptors (Lipinski definition) is 0. The first-order valence-electron chi connectivity index (χ1n) is 6.82. The van der Waals surface area contributed by atoms with Gasteiger partial charge in [-0.3, -0.25) is 0 Å². The zero-order valence-corrected chi connectivity index (χ0v) is 15.3. The van der Waals surface area contributed by atoms with Gasteiger partial charge in [0.05, 0.1) is 21.1 Å². The first-order chi connectivity index (χ1) is 10.1. The molecule has 0 fully saturated rings. The summed E-state index contributed by atoms with van der Waals surface area (Å²) in [5.74, 6) is 0. The molecule has 0 aliphatic heterocycles. The highest BCUT2D eigenvalue weighted by Crippen LogP contribution is 2.37. The molecule has 1 nitrogen and oxygen atoms in total. The van der Waals surface area contributed by atoms with Crippen LogP contribution in [0.15, 0.2) is 24.3 Å². The summed E-state index contributed by atoms with van der Waals surface area (Å²) < 4.78 is 0. The number of aromatic amines is 1. The lowest BCUT2D eigenvalue weighted by Crippen LogP contribution is -1.71. The lowest BCUT2D eigenvalue weighted by molar-refractivity contribution is 1.50. The van der Waals surface area contributed by atoms with Crippen LogP contribution in [-0.2, 0) is 0 Å². The molecule has 0 aliphatic rings. The predicted molar refractivity (Wildman–Crippen MR) is 98.5 cm³/mol. The monoisotopic (exact) mass is 363 g/mol. The van der Waals surface area contributed by atoms with Gasteiger partial charge >= 0.3 is 0 Å². The van der Waals surface area contributed by atoms with E-state index in [1.807, 2.05) is 39.8 Å². The second-order valence-electron chi connectivity index (χ2n) is 3.75. The minimum Gasteiger partial charge on any atom is -0.352 e. The van der Waals surface area contributed by atoms with Crippen molar-refractivity contribution >= 4 is 68.2 Å². The van der Waals surface area contributed by atoms with Crippen LogP contribution in [0.3, 0.4) is 0 Å². The van der Waals surface area contributed by atoms with Crippen LogP contribution in [0, 0.1) is 0 Å². The Morgan fingerprint density at radius 3 is 1.29 bits per heavy atom. The maximum atomic E-state index is 6.13. The van der Waals surface area contributed by atoms with E-state index < -0.39 is 0 Å². The third-order valence-corrected chi connectivity index (χ3v) is 3.68. The fraction of sp³-hybridized carbons (Fsp3) is 0.250. The Morgan fingerprint density at radius 2 is 0.952 bits per heavy atom. The molecular formula is C16H17Cl4N. The lowest BCUT2D eigenvalue weighted by atomic mass is 10.1. The molecule has 3 aromatic rings. The van der Waals surface area contributed by atoms with E-state index in [9.17, 15) is 0 Å². The van der Waals surface area contributed by atoms with Gasteiger partial charge in [0.25, 0.3) is 0 Å². The highest BCUT2D eigenvalue weighted by molar-refractivity contribution is 6.42. The van der Waals surface area contributed by atoms with Crippen molar-refractivity contribution in [1.29, 1.82) is 0 Å². The van der Waals surface area contributed by atoms with E-state index in [-0.39, 0.29) is 0 Å². The summed E-state index contributed by atoms with van der Waals surface area (Å²) in [6, 6.07) is 7.06. The van der Waals surface area contributed by atoms with Gasteiger partial charge in [0, 0.05) is 20.8 Å². The zero-order valence-electron chi connectivity index (χ0n) is 12.3. The Bertz CT molecular complexity index is 685. The summed E-state index contributed by atoms with van der Waals surface area (Å²) in [5.41, 5.74) is 1.63. The van der Waals surface area contributed by atoms with E-state index in [4.69, 9.17) is 46.4 Å². The summed E-state index contributed by atoms with van der Waals surface area (Å²) in [6.07, 6.45) is 0. The predicted octanol–water partition coefficient (Wildman–Crippen LogP) is 7.99. The SMILES string of the molecule is CC.CC.Clc1cc(Cl)c2[nH]c3c(Cl)cc(Cl)cc3c2c1. The van der Waals surface area contributed by atoms with Crippen molar-refractivity contribution in [2.24, 2.45) is 0 Å². The van der Waals surface area contributed by atoms with Crippen molar-refractivity contribution in [3.8, 4) is 0 Å². The van der Waals surface area contributed by atoms with Gasteiger partial charge in [0.1, 0.15) is 0 Å². The second kappa shape index (κ2) is 8.14. The minimum absolute atomic E-state index is 0.566. The van der Waals surface area contributed by atoms with Crippen LogP contribution < -0.4 is 0 Å². The van der Waals surface area contributed by atoms with Crippen LogP contribution in [-0.4, -0.2) is 4.98 Å². The number of rotatable bonds is 0. The van der Waals surface area contributed by atoms with E-state index in [2.05, 4.69) is 4.98 Å². The Balaban J connectivity index is 0.000000510. The Hall–Kier alpha value is -0.600. The Labute approximate surface area is 145 Å². The fourth-order valence-corrected chi connectivity index (χ4v) is 3.03. The van der Waals surface area contributed by atoms with Gasteiger partial charge in [-0.2, -0.15) is 0 Å². The quantitative estimate of drug-likeness (QED) is 0.416. The first kappa shape index (κ1) is 18.4. The van der Waals surface area contributed by atoms with Crippen LogP contribution in [0.2, 0.25) is 20.1 Å². The number of nitrogens with one attached hydrogen (secondary N) is 1. The van der Waals surface area contributed by atoms with Crippen LogP contribution in [0.25, 0.3) is 21.8 Å². The minimum atomic E-state index is 0.566. The molecule has 21 heavy (non-hydrogen) atoms. The molecule has 0 unspecified atom stereocenters. The van der Waals surface area contributed by atoms with Gasteiger partial charge in [0.15, 0.2) is 0 Å². The highest BCUT2D eigenvalue weighted by Gasteiger charge is 2.11. The number of H-pyrrole nitrogens is 1. The normalized spacial score (nSPS) is 9.90. The number of aromatic nitrogens is 1. The molecule has 0 saturated carbocycles. The van der Waals surface area contributed by atoms with Crippen LogP contribution >= 0.6 is 46.4 Å². The molecule has 0 atom stereocenters. The Morgan fingerprint density at radius 1 is 0.619 bits per heavy atom. The summed E-state index contributed by atoms with van der Waals surface area (Å²) in [7, 11) is 0. The molecule has 0 saturated heterocycles. The standard InChI is InChI=1S/C12H5Cl4N.2C2H6/c13-5-1-7-8-2-6(14)4-10(16)12(8)17-11(7)9(15)3-5;2*1-2/h1-4,17H;2*1-2H3. The molecule has 1 aromatic heterocycles. The van der Waals surface area contributed by atoms with Crippen molar-refractivity contribution in [1.82, 2.24) is 4.98 Å². The zero-order chi connectivity index (χ0) is 16.2. The van der Waals surface area contributed by atoms with Crippen LogP contribution in [0.5, 0.6) is 0 Å². The molecular weight excluding hydrogens is 348 g/mol. The average molecular weight is 365 g/mol. The van der Waals surface area contributed by atoms with E-state index in [1.165, 1.54) is 0 Å². The van der Waals surface area contributed by atoms with E-state index in [0.29, 0.717) is 20.1 Å². The molecule has 2 aromatic carbocycles. The summed E-state index contributed by atoms with van der Waals surface area (Å²) in [6.45, 7) is 8.00. The number of benzene rings is 2. The smallest absolute Gasteiger partial charge is 0.0662 e. The Kier molecular flexibility index (Phi) is 7.15. The van der Waals surface area contributed by atoms with Gasteiger partial charge in [-0.25, -0.2) is 0 Å². The fourth-order valence-electron chi connectivity index (χ4n) is 1.95. The molecule has 5 heteroatoms. The maximum absolute atomic E-state index is 6.13. The third-order valence-electron chi connectivity index (χ3n) is 2.65. The lowest BCUT2D eigenvalue weighted by Gasteiger charge is -1.96. The molecule has 3 rings (SSSR count). The van der Waals surface area contributed by atoms with Gasteiger partial charge in [-0.05, 0) is 24.3 Å². The van der Waals surface area contributed by atoms with Gasteiger partial charge < -0.3 is 4.98 Å². The van der Waals surface area contributed by atoms with Gasteiger partial charge in [-0.15, -0.1) is 0 Å². The molecule has 0 radical (unpaired) electrons. The molecule has 0 amide bonds. The molecule has 0 bridgehead atoms. The topological polar surface area (TPSA) is 15.8 Å². The molecule has 1 heterocycles. The molecule has 0 spiro atoms. The third kappa shape index (κ3) is 3.78. The van der Waals surface area contributed by atoms with Gasteiger partial charge in [0.2, 0.25) is 0 Å². The summed E-state index contributed by atoms with van der Waals surface area (Å²) in [4.78, 5) is 3.19. The number of halogens is 4. The van der Waals surface area contributed by atoms with Crippen LogP contribution in [0.4, 0.5) is 0 Å². The molecule has 1 N–H and O–H groups in total. The van der Waals surface area contributed by atoms with Gasteiger partial charge in [-0.1, -0.05) is 74.1 Å². The van der Waals surface area contributed by atoms with E-state index >= 15 is 0 Å². The van der Waals surface area contributed by atoms with E-state index in [0.717, 1.165) is 21.8 Å². The van der Waals surface area contributed by atoms with Crippen molar-refractivity contribution in [2.45, 2.75) is 27.7 Å². The van der Waals surface area contributed by atoms with E-state index in [1.54, 1.807) is 12.1 Å². The summed E-state index contributed by atoms with van der Waals surface area (Å²) in [5, 5.41) is 4.13. The maximum Gasteiger partial charge on any atom is 0.0662 e. The van der Waals surface area contributed by atoms with Crippen molar-refractivity contribution in [3.63, 3.8) is 0 Å². The van der Waals surface area contributed by atoms with Crippen LogP contribution in [0.1, 0.15) is 27.7 Å². The first-order valence-corrected chi connectivity index (χ1v) is 8.33. The summed E-state index contributed by atoms with van der Waals surface area (Å²) >= 11 is 24.3. The highest BCUT2D eigenvalue weighted by atomic mass is 35.5. The number of fused-ring (bicyclic) bond motifs is 3. The van der Waals surface area contributed by atoms with Crippen molar-refractivity contribution < 1.29 is 0 Å². The van der Waals surface area contributed by atoms with Crippen molar-refractivity contribution in [3.05, 3.63) is 44.4 Å². The second-order valence-corrected chi connectivity index (χ2v) is 5.43. The number of hydrogen-bond donors (Lipinski definition) is 1. The molecule has 0 aliphatic carbocycles. The molecule has 114 valence electrons. The largest absolute Gasteiger partial charge is 0.352 e. The average Bonchev–Trinajstić information content (AvgIpc) is 2.83.